The molecule has 4 nitrogen and oxygen atoms in total. The molecule has 5 heteroatoms. The average molecular weight is 280 g/mol. The van der Waals surface area contributed by atoms with Crippen molar-refractivity contribution >= 4 is 23.2 Å². The van der Waals surface area contributed by atoms with Gasteiger partial charge in [0.2, 0.25) is 5.91 Å². The fourth-order valence-electron chi connectivity index (χ4n) is 2.32. The van der Waals surface area contributed by atoms with Crippen LogP contribution in [0.3, 0.4) is 0 Å². The molecule has 1 aliphatic heterocycles. The highest BCUT2D eigenvalue weighted by atomic mass is 32.1. The molecule has 0 saturated carbocycles. The Labute approximate surface area is 117 Å². The van der Waals surface area contributed by atoms with E-state index in [0.29, 0.717) is 13.1 Å². The smallest absolute Gasteiger partial charge is 0.263 e. The number of amides is 2. The molecule has 19 heavy (non-hydrogen) atoms. The predicted molar refractivity (Wildman–Crippen MR) is 76.2 cm³/mol. The summed E-state index contributed by atoms with van der Waals surface area (Å²) in [7, 11) is 0. The van der Waals surface area contributed by atoms with Crippen LogP contribution in [0, 0.1) is 5.92 Å². The van der Waals surface area contributed by atoms with Crippen molar-refractivity contribution in [3.63, 3.8) is 0 Å². The van der Waals surface area contributed by atoms with E-state index in [1.165, 1.54) is 11.3 Å². The van der Waals surface area contributed by atoms with Crippen molar-refractivity contribution in [2.75, 3.05) is 19.6 Å². The summed E-state index contributed by atoms with van der Waals surface area (Å²) in [6.07, 6.45) is 2.72. The minimum Gasteiger partial charge on any atom is -0.356 e. The minimum atomic E-state index is -0.0517. The van der Waals surface area contributed by atoms with Crippen LogP contribution >= 0.6 is 11.3 Å². The lowest BCUT2D eigenvalue weighted by Gasteiger charge is -2.31. The van der Waals surface area contributed by atoms with Crippen molar-refractivity contribution < 1.29 is 9.59 Å². The molecule has 0 radical (unpaired) electrons. The van der Waals surface area contributed by atoms with Crippen molar-refractivity contribution in [3.05, 3.63) is 22.4 Å². The normalized spacial score (nSPS) is 19.2. The van der Waals surface area contributed by atoms with Crippen molar-refractivity contribution in [1.82, 2.24) is 10.2 Å². The largest absolute Gasteiger partial charge is 0.356 e. The maximum atomic E-state index is 12.2. The number of rotatable bonds is 4. The number of thiophene rings is 1. The first kappa shape index (κ1) is 14.1. The maximum Gasteiger partial charge on any atom is 0.263 e. The average Bonchev–Trinajstić information content (AvgIpc) is 2.98. The van der Waals surface area contributed by atoms with Crippen molar-refractivity contribution in [1.29, 1.82) is 0 Å². The highest BCUT2D eigenvalue weighted by Crippen LogP contribution is 2.20. The molecular formula is C14H20N2O2S. The van der Waals surface area contributed by atoms with Gasteiger partial charge in [0.25, 0.3) is 5.91 Å². The van der Waals surface area contributed by atoms with Gasteiger partial charge in [-0.1, -0.05) is 13.0 Å². The molecule has 1 atom stereocenters. The van der Waals surface area contributed by atoms with E-state index in [1.807, 2.05) is 29.3 Å². The van der Waals surface area contributed by atoms with Gasteiger partial charge in [0, 0.05) is 19.6 Å². The molecule has 0 aromatic carbocycles. The van der Waals surface area contributed by atoms with E-state index in [1.54, 1.807) is 0 Å². The van der Waals surface area contributed by atoms with E-state index in [4.69, 9.17) is 0 Å². The monoisotopic (exact) mass is 280 g/mol. The fraction of sp³-hybridized carbons (Fsp3) is 0.571. The Bertz CT molecular complexity index is 431. The summed E-state index contributed by atoms with van der Waals surface area (Å²) in [5.41, 5.74) is 0. The van der Waals surface area contributed by atoms with Crippen LogP contribution in [0.2, 0.25) is 0 Å². The van der Waals surface area contributed by atoms with Gasteiger partial charge in [-0.3, -0.25) is 9.59 Å². The maximum absolute atomic E-state index is 12.2. The molecule has 2 heterocycles. The van der Waals surface area contributed by atoms with Gasteiger partial charge in [-0.2, -0.15) is 0 Å². The van der Waals surface area contributed by atoms with Gasteiger partial charge in [0.05, 0.1) is 10.8 Å². The Hall–Kier alpha value is -1.36. The summed E-state index contributed by atoms with van der Waals surface area (Å²) in [5, 5.41) is 4.83. The molecule has 2 amide bonds. The molecular weight excluding hydrogens is 260 g/mol. The van der Waals surface area contributed by atoms with Crippen LogP contribution < -0.4 is 5.32 Å². The number of hydrogen-bond acceptors (Lipinski definition) is 3. The molecule has 1 aromatic rings. The Kier molecular flexibility index (Phi) is 4.96. The SMILES string of the molecule is CCCNC(=O)C1CCCN(C(=O)c2cccs2)C1. The number of hydrogen-bond donors (Lipinski definition) is 1. The number of piperidine rings is 1. The zero-order chi connectivity index (χ0) is 13.7. The summed E-state index contributed by atoms with van der Waals surface area (Å²) in [5.74, 6) is 0.0951. The quantitative estimate of drug-likeness (QED) is 0.918. The van der Waals surface area contributed by atoms with Crippen molar-refractivity contribution in [3.8, 4) is 0 Å². The van der Waals surface area contributed by atoms with Crippen molar-refractivity contribution in [2.24, 2.45) is 5.92 Å². The molecule has 0 bridgehead atoms. The number of carbonyl (C=O) groups is 2. The van der Waals surface area contributed by atoms with Crippen LogP contribution in [0.15, 0.2) is 17.5 Å². The lowest BCUT2D eigenvalue weighted by Crippen LogP contribution is -2.45. The zero-order valence-corrected chi connectivity index (χ0v) is 12.0. The first-order chi connectivity index (χ1) is 9.22. The lowest BCUT2D eigenvalue weighted by molar-refractivity contribution is -0.126. The molecule has 1 aromatic heterocycles. The van der Waals surface area contributed by atoms with Gasteiger partial charge in [-0.25, -0.2) is 0 Å². The van der Waals surface area contributed by atoms with Crippen molar-refractivity contribution in [2.45, 2.75) is 26.2 Å². The summed E-state index contributed by atoms with van der Waals surface area (Å²) >= 11 is 1.46. The zero-order valence-electron chi connectivity index (χ0n) is 11.2. The van der Waals surface area contributed by atoms with Crippen LogP contribution in [0.25, 0.3) is 0 Å². The Morgan fingerprint density at radius 1 is 1.53 bits per heavy atom. The third kappa shape index (κ3) is 3.56. The van der Waals surface area contributed by atoms with Crippen LogP contribution in [-0.4, -0.2) is 36.3 Å². The molecule has 1 N–H and O–H groups in total. The number of nitrogens with zero attached hydrogens (tertiary/aromatic N) is 1. The third-order valence-corrected chi connectivity index (χ3v) is 4.22. The molecule has 2 rings (SSSR count). The topological polar surface area (TPSA) is 49.4 Å². The Balaban J connectivity index is 1.93. The van der Waals surface area contributed by atoms with E-state index in [2.05, 4.69) is 5.32 Å². The van der Waals surface area contributed by atoms with Crippen LogP contribution in [0.1, 0.15) is 35.9 Å². The van der Waals surface area contributed by atoms with E-state index < -0.39 is 0 Å². The summed E-state index contributed by atoms with van der Waals surface area (Å²) in [4.78, 5) is 26.8. The number of likely N-dealkylation sites (tertiary alicyclic amines) is 1. The molecule has 0 spiro atoms. The van der Waals surface area contributed by atoms with Gasteiger partial charge in [-0.05, 0) is 30.7 Å². The first-order valence-corrected chi connectivity index (χ1v) is 7.70. The fourth-order valence-corrected chi connectivity index (χ4v) is 3.02. The highest BCUT2D eigenvalue weighted by Gasteiger charge is 2.28. The summed E-state index contributed by atoms with van der Waals surface area (Å²) in [6, 6.07) is 3.72. The van der Waals surface area contributed by atoms with Gasteiger partial charge < -0.3 is 10.2 Å². The second kappa shape index (κ2) is 6.70. The second-order valence-electron chi connectivity index (χ2n) is 4.86. The summed E-state index contributed by atoms with van der Waals surface area (Å²) < 4.78 is 0. The standard InChI is InChI=1S/C14H20N2O2S/c1-2-7-15-13(17)11-5-3-8-16(10-11)14(18)12-6-4-9-19-12/h4,6,9,11H,2-3,5,7-8,10H2,1H3,(H,15,17). The van der Waals surface area contributed by atoms with Crippen LogP contribution in [-0.2, 0) is 4.79 Å². The van der Waals surface area contributed by atoms with Gasteiger partial charge in [0.1, 0.15) is 0 Å². The second-order valence-corrected chi connectivity index (χ2v) is 5.81. The van der Waals surface area contributed by atoms with Crippen LogP contribution in [0.5, 0.6) is 0 Å². The molecule has 1 unspecified atom stereocenters. The Morgan fingerprint density at radius 2 is 2.37 bits per heavy atom. The third-order valence-electron chi connectivity index (χ3n) is 3.36. The van der Waals surface area contributed by atoms with Gasteiger partial charge >= 0.3 is 0 Å². The predicted octanol–water partition coefficient (Wildman–Crippen LogP) is 2.13. The molecule has 104 valence electrons. The van der Waals surface area contributed by atoms with Crippen LogP contribution in [0.4, 0.5) is 0 Å². The molecule has 1 fully saturated rings. The van der Waals surface area contributed by atoms with Gasteiger partial charge in [-0.15, -0.1) is 11.3 Å². The van der Waals surface area contributed by atoms with E-state index in [0.717, 1.165) is 30.7 Å². The van der Waals surface area contributed by atoms with E-state index >= 15 is 0 Å². The number of carbonyl (C=O) groups excluding carboxylic acids is 2. The van der Waals surface area contributed by atoms with E-state index in [-0.39, 0.29) is 17.7 Å². The summed E-state index contributed by atoms with van der Waals surface area (Å²) in [6.45, 7) is 4.06. The Morgan fingerprint density at radius 3 is 3.05 bits per heavy atom. The number of nitrogens with one attached hydrogen (secondary N) is 1. The molecule has 1 aliphatic rings. The lowest BCUT2D eigenvalue weighted by atomic mass is 9.97. The van der Waals surface area contributed by atoms with E-state index in [9.17, 15) is 9.59 Å². The molecule has 1 saturated heterocycles. The highest BCUT2D eigenvalue weighted by molar-refractivity contribution is 7.12. The first-order valence-electron chi connectivity index (χ1n) is 6.83. The molecule has 0 aliphatic carbocycles. The minimum absolute atomic E-state index is 0.0517. The van der Waals surface area contributed by atoms with Gasteiger partial charge in [0.15, 0.2) is 0 Å².